The van der Waals surface area contributed by atoms with Crippen molar-refractivity contribution < 1.29 is 14.3 Å². The number of ether oxygens (including phenoxy) is 2. The van der Waals surface area contributed by atoms with E-state index in [4.69, 9.17) is 9.47 Å². The maximum Gasteiger partial charge on any atom is 0.245 e. The third-order valence-electron chi connectivity index (χ3n) is 5.95. The lowest BCUT2D eigenvalue weighted by atomic mass is 10.1. The van der Waals surface area contributed by atoms with Crippen LogP contribution in [0, 0.1) is 0 Å². The Hall–Kier alpha value is -3.35. The van der Waals surface area contributed by atoms with Crippen molar-refractivity contribution in [2.24, 2.45) is 0 Å². The number of benzene rings is 3. The standard InChI is InChI=1S/C26H27N3O3/c30-26(29(22-7-3-1-4-8-22)23-9-5-2-6-10-23)19-28-15-13-27(14-16-28)18-21-11-12-24-25(17-21)32-20-31-24/h1-12,17H,13-16,18-20H2. The van der Waals surface area contributed by atoms with Crippen molar-refractivity contribution in [3.05, 3.63) is 84.4 Å². The van der Waals surface area contributed by atoms with Gasteiger partial charge in [-0.25, -0.2) is 0 Å². The van der Waals surface area contributed by atoms with Gasteiger partial charge in [0.25, 0.3) is 0 Å². The van der Waals surface area contributed by atoms with E-state index in [1.54, 1.807) is 0 Å². The van der Waals surface area contributed by atoms with Gasteiger partial charge in [0.05, 0.1) is 6.54 Å². The van der Waals surface area contributed by atoms with Crippen LogP contribution in [-0.4, -0.2) is 55.2 Å². The summed E-state index contributed by atoms with van der Waals surface area (Å²) in [5.41, 5.74) is 3.01. The Morgan fingerprint density at radius 3 is 2.00 bits per heavy atom. The first-order valence-corrected chi connectivity index (χ1v) is 11.0. The number of rotatable bonds is 6. The average molecular weight is 430 g/mol. The number of anilines is 2. The van der Waals surface area contributed by atoms with Gasteiger partial charge in [0.1, 0.15) is 0 Å². The Morgan fingerprint density at radius 1 is 0.750 bits per heavy atom. The van der Waals surface area contributed by atoms with Crippen LogP contribution in [0.4, 0.5) is 11.4 Å². The highest BCUT2D eigenvalue weighted by atomic mass is 16.7. The molecule has 0 spiro atoms. The van der Waals surface area contributed by atoms with Gasteiger partial charge in [0, 0.05) is 44.1 Å². The van der Waals surface area contributed by atoms with Crippen LogP contribution in [0.15, 0.2) is 78.9 Å². The predicted molar refractivity (Wildman–Crippen MR) is 124 cm³/mol. The number of hydrogen-bond donors (Lipinski definition) is 0. The number of carbonyl (C=O) groups is 1. The van der Waals surface area contributed by atoms with E-state index >= 15 is 0 Å². The molecule has 3 aromatic carbocycles. The van der Waals surface area contributed by atoms with Crippen molar-refractivity contribution in [2.75, 3.05) is 44.4 Å². The Labute approximate surface area is 188 Å². The summed E-state index contributed by atoms with van der Waals surface area (Å²) in [5.74, 6) is 1.73. The molecule has 0 N–H and O–H groups in total. The van der Waals surface area contributed by atoms with Gasteiger partial charge in [0.2, 0.25) is 12.7 Å². The minimum atomic E-state index is 0.0895. The van der Waals surface area contributed by atoms with E-state index in [-0.39, 0.29) is 5.91 Å². The van der Waals surface area contributed by atoms with E-state index in [0.717, 1.165) is 55.6 Å². The molecule has 6 heteroatoms. The number of piperazine rings is 1. The summed E-state index contributed by atoms with van der Waals surface area (Å²) in [4.78, 5) is 19.8. The molecule has 0 aromatic heterocycles. The molecule has 0 saturated carbocycles. The first-order valence-electron chi connectivity index (χ1n) is 11.0. The molecule has 0 unspecified atom stereocenters. The predicted octanol–water partition coefficient (Wildman–Crippen LogP) is 3.90. The minimum Gasteiger partial charge on any atom is -0.454 e. The first-order chi connectivity index (χ1) is 15.8. The fraction of sp³-hybridized carbons (Fsp3) is 0.269. The highest BCUT2D eigenvalue weighted by Crippen LogP contribution is 2.33. The van der Waals surface area contributed by atoms with Crippen LogP contribution in [0.25, 0.3) is 0 Å². The van der Waals surface area contributed by atoms with Gasteiger partial charge in [0.15, 0.2) is 11.5 Å². The van der Waals surface area contributed by atoms with Crippen molar-refractivity contribution in [1.29, 1.82) is 0 Å². The Balaban J connectivity index is 1.20. The molecule has 1 amide bonds. The van der Waals surface area contributed by atoms with E-state index in [1.807, 2.05) is 71.6 Å². The number of carbonyl (C=O) groups excluding carboxylic acids is 1. The lowest BCUT2D eigenvalue weighted by molar-refractivity contribution is -0.119. The zero-order valence-corrected chi connectivity index (χ0v) is 18.0. The van der Waals surface area contributed by atoms with Gasteiger partial charge in [-0.2, -0.15) is 0 Å². The molecule has 3 aromatic rings. The van der Waals surface area contributed by atoms with E-state index in [1.165, 1.54) is 5.56 Å². The zero-order chi connectivity index (χ0) is 21.8. The number of amides is 1. The van der Waals surface area contributed by atoms with Crippen LogP contribution >= 0.6 is 0 Å². The van der Waals surface area contributed by atoms with Gasteiger partial charge in [-0.1, -0.05) is 42.5 Å². The third kappa shape index (κ3) is 4.61. The Kier molecular flexibility index (Phi) is 6.05. The quantitative estimate of drug-likeness (QED) is 0.595. The van der Waals surface area contributed by atoms with Crippen molar-refractivity contribution in [3.8, 4) is 11.5 Å². The second-order valence-corrected chi connectivity index (χ2v) is 8.14. The third-order valence-corrected chi connectivity index (χ3v) is 5.95. The minimum absolute atomic E-state index is 0.0895. The molecule has 5 rings (SSSR count). The van der Waals surface area contributed by atoms with Crippen LogP contribution in [0.5, 0.6) is 11.5 Å². The van der Waals surface area contributed by atoms with E-state index in [0.29, 0.717) is 13.3 Å². The normalized spacial score (nSPS) is 16.1. The van der Waals surface area contributed by atoms with Crippen molar-refractivity contribution in [3.63, 3.8) is 0 Å². The largest absolute Gasteiger partial charge is 0.454 e. The molecule has 6 nitrogen and oxygen atoms in total. The van der Waals surface area contributed by atoms with Crippen LogP contribution in [0.1, 0.15) is 5.56 Å². The molecule has 0 aliphatic carbocycles. The smallest absolute Gasteiger partial charge is 0.245 e. The SMILES string of the molecule is O=C(CN1CCN(Cc2ccc3c(c2)OCO3)CC1)N(c1ccccc1)c1ccccc1. The lowest BCUT2D eigenvalue weighted by Gasteiger charge is -2.35. The second-order valence-electron chi connectivity index (χ2n) is 8.14. The van der Waals surface area contributed by atoms with E-state index < -0.39 is 0 Å². The zero-order valence-electron chi connectivity index (χ0n) is 18.0. The molecule has 0 bridgehead atoms. The maximum atomic E-state index is 13.3. The molecular weight excluding hydrogens is 402 g/mol. The van der Waals surface area contributed by atoms with E-state index in [9.17, 15) is 4.79 Å². The van der Waals surface area contributed by atoms with Gasteiger partial charge in [-0.05, 0) is 42.0 Å². The highest BCUT2D eigenvalue weighted by molar-refractivity contribution is 6.01. The second kappa shape index (κ2) is 9.42. The summed E-state index contributed by atoms with van der Waals surface area (Å²) >= 11 is 0. The number of para-hydroxylation sites is 2. The Bertz CT molecular complexity index is 1010. The van der Waals surface area contributed by atoms with Crippen molar-refractivity contribution in [2.45, 2.75) is 6.54 Å². The van der Waals surface area contributed by atoms with Crippen LogP contribution in [0.2, 0.25) is 0 Å². The van der Waals surface area contributed by atoms with E-state index in [2.05, 4.69) is 21.9 Å². The molecule has 0 atom stereocenters. The van der Waals surface area contributed by atoms with Gasteiger partial charge in [-0.3, -0.25) is 19.5 Å². The van der Waals surface area contributed by atoms with Crippen molar-refractivity contribution >= 4 is 17.3 Å². The molecule has 1 fully saturated rings. The molecule has 1 saturated heterocycles. The average Bonchev–Trinajstić information content (AvgIpc) is 3.30. The molecule has 2 heterocycles. The monoisotopic (exact) mass is 429 g/mol. The first kappa shape index (κ1) is 20.5. The summed E-state index contributed by atoms with van der Waals surface area (Å²) in [6.07, 6.45) is 0. The van der Waals surface area contributed by atoms with Gasteiger partial charge < -0.3 is 9.47 Å². The lowest BCUT2D eigenvalue weighted by Crippen LogP contribution is -2.49. The van der Waals surface area contributed by atoms with Crippen molar-refractivity contribution in [1.82, 2.24) is 9.80 Å². The molecule has 2 aliphatic heterocycles. The molecular formula is C26H27N3O3. The maximum absolute atomic E-state index is 13.3. The summed E-state index contributed by atoms with van der Waals surface area (Å²) in [5, 5.41) is 0. The van der Waals surface area contributed by atoms with Crippen LogP contribution in [-0.2, 0) is 11.3 Å². The molecule has 0 radical (unpaired) electrons. The summed E-state index contributed by atoms with van der Waals surface area (Å²) in [6.45, 7) is 5.17. The van der Waals surface area contributed by atoms with Crippen LogP contribution < -0.4 is 14.4 Å². The Morgan fingerprint density at radius 2 is 1.34 bits per heavy atom. The van der Waals surface area contributed by atoms with Gasteiger partial charge >= 0.3 is 0 Å². The molecule has 2 aliphatic rings. The molecule has 32 heavy (non-hydrogen) atoms. The number of hydrogen-bond acceptors (Lipinski definition) is 5. The number of nitrogens with zero attached hydrogens (tertiary/aromatic N) is 3. The summed E-state index contributed by atoms with van der Waals surface area (Å²) < 4.78 is 10.9. The van der Waals surface area contributed by atoms with Crippen LogP contribution in [0.3, 0.4) is 0 Å². The van der Waals surface area contributed by atoms with Gasteiger partial charge in [-0.15, -0.1) is 0 Å². The number of fused-ring (bicyclic) bond motifs is 1. The highest BCUT2D eigenvalue weighted by Gasteiger charge is 2.24. The topological polar surface area (TPSA) is 45.3 Å². The summed E-state index contributed by atoms with van der Waals surface area (Å²) in [6, 6.07) is 25.9. The summed E-state index contributed by atoms with van der Waals surface area (Å²) in [7, 11) is 0. The fourth-order valence-electron chi connectivity index (χ4n) is 4.26. The molecule has 164 valence electrons. The fourth-order valence-corrected chi connectivity index (χ4v) is 4.26.